The largest absolute Gasteiger partial charge is 0.463 e. The van der Waals surface area contributed by atoms with Crippen LogP contribution in [0.5, 0.6) is 5.75 Å². The molecule has 0 saturated carbocycles. The second-order valence-corrected chi connectivity index (χ2v) is 5.05. The molecule has 1 aromatic rings. The summed E-state index contributed by atoms with van der Waals surface area (Å²) in [5, 5.41) is 0. The molecular weight excluding hydrogens is 272 g/mol. The smallest absolute Gasteiger partial charge is 0.428 e. The third-order valence-electron chi connectivity index (χ3n) is 3.13. The lowest BCUT2D eigenvalue weighted by Crippen LogP contribution is -2.42. The van der Waals surface area contributed by atoms with Gasteiger partial charge in [-0.1, -0.05) is 25.8 Å². The summed E-state index contributed by atoms with van der Waals surface area (Å²) in [6.07, 6.45) is -0.766. The molecule has 20 heavy (non-hydrogen) atoms. The molecule has 0 aliphatic carbocycles. The fourth-order valence-corrected chi connectivity index (χ4v) is 1.78. The van der Waals surface area contributed by atoms with Crippen LogP contribution in [0.1, 0.15) is 44.2 Å². The molecule has 0 fully saturated rings. The number of unbranched alkanes of at least 4 members (excludes halogenated alkanes) is 2. The lowest BCUT2D eigenvalue weighted by atomic mass is 10.0. The number of alkyl halides is 4. The van der Waals surface area contributed by atoms with Crippen LogP contribution in [0.15, 0.2) is 18.2 Å². The van der Waals surface area contributed by atoms with Crippen LogP contribution < -0.4 is 4.74 Å². The fourth-order valence-electron chi connectivity index (χ4n) is 1.78. The van der Waals surface area contributed by atoms with Gasteiger partial charge in [-0.15, -0.1) is 0 Å². The van der Waals surface area contributed by atoms with Crippen LogP contribution in [0.25, 0.3) is 0 Å². The minimum absolute atomic E-state index is 0.142. The minimum atomic E-state index is -4.51. The van der Waals surface area contributed by atoms with E-state index in [0.717, 1.165) is 36.8 Å². The zero-order valence-electron chi connectivity index (χ0n) is 12.0. The van der Waals surface area contributed by atoms with E-state index in [4.69, 9.17) is 0 Å². The zero-order valence-corrected chi connectivity index (χ0v) is 12.0. The predicted molar refractivity (Wildman–Crippen MR) is 70.6 cm³/mol. The van der Waals surface area contributed by atoms with E-state index in [0.29, 0.717) is 0 Å². The van der Waals surface area contributed by atoms with Crippen LogP contribution >= 0.6 is 0 Å². The summed E-state index contributed by atoms with van der Waals surface area (Å²) in [6, 6.07) is 4.32. The maximum Gasteiger partial charge on any atom is 0.463 e. The van der Waals surface area contributed by atoms with Crippen LogP contribution in [-0.4, -0.2) is 12.0 Å². The van der Waals surface area contributed by atoms with Crippen molar-refractivity contribution in [3.8, 4) is 5.75 Å². The number of halogens is 4. The first-order valence-electron chi connectivity index (χ1n) is 6.71. The normalized spacial score (nSPS) is 12.6. The Morgan fingerprint density at radius 1 is 1.10 bits per heavy atom. The summed E-state index contributed by atoms with van der Waals surface area (Å²) in [5.74, 6) is -4.45. The minimum Gasteiger partial charge on any atom is -0.428 e. The molecule has 1 rings (SSSR count). The van der Waals surface area contributed by atoms with Crippen LogP contribution in [0, 0.1) is 6.92 Å². The van der Waals surface area contributed by atoms with E-state index in [2.05, 4.69) is 11.7 Å². The first-order chi connectivity index (χ1) is 9.17. The van der Waals surface area contributed by atoms with Gasteiger partial charge < -0.3 is 4.74 Å². The van der Waals surface area contributed by atoms with E-state index in [9.17, 15) is 17.6 Å². The number of ether oxygens (including phenoxy) is 1. The number of benzene rings is 1. The molecule has 0 heterocycles. The van der Waals surface area contributed by atoms with Crippen molar-refractivity contribution in [2.75, 3.05) is 0 Å². The molecule has 5 heteroatoms. The Hall–Kier alpha value is -1.26. The van der Waals surface area contributed by atoms with Gasteiger partial charge in [0.25, 0.3) is 0 Å². The van der Waals surface area contributed by atoms with Crippen molar-refractivity contribution in [1.29, 1.82) is 0 Å². The SMILES string of the molecule is CCCCCc1cc(OC(F)(F)C(C)(F)F)ccc1C. The van der Waals surface area contributed by atoms with Gasteiger partial charge in [-0.25, -0.2) is 0 Å². The van der Waals surface area contributed by atoms with Gasteiger partial charge in [-0.3, -0.25) is 0 Å². The standard InChI is InChI=1S/C15H20F4O/c1-4-5-6-7-12-10-13(9-8-11(12)2)20-15(18,19)14(3,16)17/h8-10H,4-7H2,1-3H3. The predicted octanol–water partition coefficient (Wildman–Crippen LogP) is 5.35. The molecule has 0 atom stereocenters. The van der Waals surface area contributed by atoms with Gasteiger partial charge in [-0.2, -0.15) is 17.6 Å². The molecule has 1 aromatic carbocycles. The summed E-state index contributed by atoms with van der Waals surface area (Å²) in [4.78, 5) is 0. The summed E-state index contributed by atoms with van der Waals surface area (Å²) in [7, 11) is 0. The fraction of sp³-hybridized carbons (Fsp3) is 0.600. The molecule has 1 nitrogen and oxygen atoms in total. The summed E-state index contributed by atoms with van der Waals surface area (Å²) < 4.78 is 56.0. The number of aryl methyl sites for hydroxylation is 2. The molecule has 114 valence electrons. The molecule has 0 unspecified atom stereocenters. The van der Waals surface area contributed by atoms with Gasteiger partial charge in [0.1, 0.15) is 5.75 Å². The van der Waals surface area contributed by atoms with Crippen molar-refractivity contribution < 1.29 is 22.3 Å². The molecule has 0 aliphatic rings. The number of hydrogen-bond acceptors (Lipinski definition) is 1. The molecule has 0 amide bonds. The topological polar surface area (TPSA) is 9.23 Å². The first kappa shape index (κ1) is 16.8. The Balaban J connectivity index is 2.84. The molecule has 0 spiro atoms. The van der Waals surface area contributed by atoms with Gasteiger partial charge in [0.2, 0.25) is 0 Å². The lowest BCUT2D eigenvalue weighted by Gasteiger charge is -2.23. The Morgan fingerprint density at radius 2 is 1.75 bits per heavy atom. The third-order valence-corrected chi connectivity index (χ3v) is 3.13. The molecule has 0 bridgehead atoms. The maximum absolute atomic E-state index is 13.2. The molecule has 0 aliphatic heterocycles. The lowest BCUT2D eigenvalue weighted by molar-refractivity contribution is -0.301. The van der Waals surface area contributed by atoms with E-state index in [1.807, 2.05) is 6.92 Å². The van der Waals surface area contributed by atoms with Crippen molar-refractivity contribution in [1.82, 2.24) is 0 Å². The Bertz CT molecular complexity index is 438. The molecule has 0 saturated heterocycles. The van der Waals surface area contributed by atoms with Crippen LogP contribution in [-0.2, 0) is 6.42 Å². The van der Waals surface area contributed by atoms with Crippen LogP contribution in [0.3, 0.4) is 0 Å². The Kier molecular flexibility index (Phi) is 5.42. The third kappa shape index (κ3) is 4.39. The Labute approximate surface area is 116 Å². The van der Waals surface area contributed by atoms with E-state index in [1.54, 1.807) is 6.07 Å². The molecule has 0 N–H and O–H groups in total. The first-order valence-corrected chi connectivity index (χ1v) is 6.71. The highest BCUT2D eigenvalue weighted by atomic mass is 19.3. The van der Waals surface area contributed by atoms with E-state index in [1.165, 1.54) is 12.1 Å². The summed E-state index contributed by atoms with van der Waals surface area (Å²) >= 11 is 0. The quantitative estimate of drug-likeness (QED) is 0.486. The van der Waals surface area contributed by atoms with Crippen LogP contribution in [0.4, 0.5) is 17.6 Å². The van der Waals surface area contributed by atoms with Gasteiger partial charge in [0.05, 0.1) is 0 Å². The van der Waals surface area contributed by atoms with E-state index >= 15 is 0 Å². The van der Waals surface area contributed by atoms with Crippen molar-refractivity contribution >= 4 is 0 Å². The second kappa shape index (κ2) is 6.46. The van der Waals surface area contributed by atoms with Gasteiger partial charge >= 0.3 is 12.0 Å². The van der Waals surface area contributed by atoms with E-state index in [-0.39, 0.29) is 12.7 Å². The van der Waals surface area contributed by atoms with Crippen molar-refractivity contribution in [2.24, 2.45) is 0 Å². The summed E-state index contributed by atoms with van der Waals surface area (Å²) in [6.45, 7) is 4.07. The van der Waals surface area contributed by atoms with Crippen molar-refractivity contribution in [3.05, 3.63) is 29.3 Å². The zero-order chi connectivity index (χ0) is 15.4. The average Bonchev–Trinajstić information content (AvgIpc) is 2.31. The average molecular weight is 292 g/mol. The summed E-state index contributed by atoms with van der Waals surface area (Å²) in [5.41, 5.74) is 1.80. The highest BCUT2D eigenvalue weighted by molar-refractivity contribution is 5.35. The maximum atomic E-state index is 13.2. The molecule has 0 radical (unpaired) electrons. The van der Waals surface area contributed by atoms with Gasteiger partial charge in [0.15, 0.2) is 0 Å². The Morgan fingerprint density at radius 3 is 2.30 bits per heavy atom. The van der Waals surface area contributed by atoms with Gasteiger partial charge in [0, 0.05) is 6.92 Å². The number of rotatable bonds is 7. The van der Waals surface area contributed by atoms with Crippen molar-refractivity contribution in [2.45, 2.75) is 58.5 Å². The highest BCUT2D eigenvalue weighted by Gasteiger charge is 2.55. The highest BCUT2D eigenvalue weighted by Crippen LogP contribution is 2.36. The second-order valence-electron chi connectivity index (χ2n) is 5.05. The molecular formula is C15H20F4O. The number of hydrogen-bond donors (Lipinski definition) is 0. The van der Waals surface area contributed by atoms with E-state index < -0.39 is 12.0 Å². The van der Waals surface area contributed by atoms with Gasteiger partial charge in [-0.05, 0) is 43.0 Å². The molecule has 0 aromatic heterocycles. The van der Waals surface area contributed by atoms with Crippen LogP contribution in [0.2, 0.25) is 0 Å². The monoisotopic (exact) mass is 292 g/mol. The van der Waals surface area contributed by atoms with Crippen molar-refractivity contribution in [3.63, 3.8) is 0 Å².